The van der Waals surface area contributed by atoms with Crippen molar-refractivity contribution in [2.75, 3.05) is 10.8 Å². The van der Waals surface area contributed by atoms with Gasteiger partial charge in [-0.2, -0.15) is 0 Å². The zero-order valence-electron chi connectivity index (χ0n) is 18.0. The van der Waals surface area contributed by atoms with Gasteiger partial charge in [0.25, 0.3) is 10.0 Å². The van der Waals surface area contributed by atoms with E-state index in [2.05, 4.69) is 5.32 Å². The lowest BCUT2D eigenvalue weighted by molar-refractivity contribution is -0.119. The molecule has 7 heteroatoms. The second-order valence-electron chi connectivity index (χ2n) is 7.76. The van der Waals surface area contributed by atoms with Gasteiger partial charge >= 0.3 is 0 Å². The number of benzene rings is 4. The minimum absolute atomic E-state index is 0.0553. The van der Waals surface area contributed by atoms with E-state index in [4.69, 9.17) is 0 Å². The summed E-state index contributed by atoms with van der Waals surface area (Å²) in [5.41, 5.74) is 2.02. The highest BCUT2D eigenvalue weighted by molar-refractivity contribution is 7.92. The molecule has 0 aliphatic rings. The van der Waals surface area contributed by atoms with Crippen molar-refractivity contribution in [3.8, 4) is 0 Å². The van der Waals surface area contributed by atoms with Crippen LogP contribution in [0.5, 0.6) is 0 Å². The lowest BCUT2D eigenvalue weighted by Crippen LogP contribution is -2.40. The summed E-state index contributed by atoms with van der Waals surface area (Å²) < 4.78 is 41.1. The molecule has 0 aromatic heterocycles. The van der Waals surface area contributed by atoms with Gasteiger partial charge in [-0.25, -0.2) is 12.8 Å². The largest absolute Gasteiger partial charge is 0.350 e. The zero-order chi connectivity index (χ0) is 23.4. The van der Waals surface area contributed by atoms with Crippen molar-refractivity contribution in [2.45, 2.75) is 18.4 Å². The monoisotopic (exact) mass is 462 g/mol. The summed E-state index contributed by atoms with van der Waals surface area (Å²) in [5.74, 6) is -0.963. The molecule has 5 nitrogen and oxygen atoms in total. The minimum Gasteiger partial charge on any atom is -0.350 e. The van der Waals surface area contributed by atoms with Crippen LogP contribution in [0, 0.1) is 12.7 Å². The van der Waals surface area contributed by atoms with Gasteiger partial charge in [0.1, 0.15) is 12.4 Å². The van der Waals surface area contributed by atoms with Crippen molar-refractivity contribution in [2.24, 2.45) is 0 Å². The number of fused-ring (bicyclic) bond motifs is 1. The van der Waals surface area contributed by atoms with Crippen molar-refractivity contribution in [3.05, 3.63) is 108 Å². The number of nitrogens with one attached hydrogen (secondary N) is 1. The summed E-state index contributed by atoms with van der Waals surface area (Å²) in [4.78, 5) is 12.8. The van der Waals surface area contributed by atoms with Crippen LogP contribution in [-0.2, 0) is 21.4 Å². The van der Waals surface area contributed by atoms with Crippen LogP contribution in [-0.4, -0.2) is 20.9 Å². The lowest BCUT2D eigenvalue weighted by Gasteiger charge is -2.24. The maximum Gasteiger partial charge on any atom is 0.264 e. The average Bonchev–Trinajstić information content (AvgIpc) is 2.82. The predicted molar refractivity (Wildman–Crippen MR) is 128 cm³/mol. The van der Waals surface area contributed by atoms with E-state index in [0.717, 1.165) is 26.2 Å². The third kappa shape index (κ3) is 5.21. The van der Waals surface area contributed by atoms with E-state index in [0.29, 0.717) is 0 Å². The van der Waals surface area contributed by atoms with Gasteiger partial charge in [0.2, 0.25) is 5.91 Å². The number of carbonyl (C=O) groups is 1. The van der Waals surface area contributed by atoms with Gasteiger partial charge < -0.3 is 5.32 Å². The Bertz CT molecular complexity index is 1390. The molecule has 0 saturated heterocycles. The first-order chi connectivity index (χ1) is 15.8. The number of sulfonamides is 1. The topological polar surface area (TPSA) is 66.5 Å². The SMILES string of the molecule is Cc1ccc(S(=O)(=O)N(CC(=O)NCc2ccc3ccccc3c2)c2ccc(F)cc2)cc1. The highest BCUT2D eigenvalue weighted by Gasteiger charge is 2.27. The third-order valence-electron chi connectivity index (χ3n) is 5.31. The first-order valence-corrected chi connectivity index (χ1v) is 11.9. The molecule has 33 heavy (non-hydrogen) atoms. The fraction of sp³-hybridized carbons (Fsp3) is 0.115. The molecule has 0 radical (unpaired) electrons. The van der Waals surface area contributed by atoms with Crippen molar-refractivity contribution in [3.63, 3.8) is 0 Å². The number of hydrogen-bond acceptors (Lipinski definition) is 3. The number of amides is 1. The Kier molecular flexibility index (Phi) is 6.42. The smallest absolute Gasteiger partial charge is 0.264 e. The number of rotatable bonds is 7. The molecule has 1 amide bonds. The fourth-order valence-electron chi connectivity index (χ4n) is 3.50. The van der Waals surface area contributed by atoms with Crippen molar-refractivity contribution < 1.29 is 17.6 Å². The van der Waals surface area contributed by atoms with Gasteiger partial charge in [-0.3, -0.25) is 9.10 Å². The fourth-order valence-corrected chi connectivity index (χ4v) is 4.92. The first-order valence-electron chi connectivity index (χ1n) is 10.4. The summed E-state index contributed by atoms with van der Waals surface area (Å²) in [7, 11) is -4.04. The minimum atomic E-state index is -4.04. The normalized spacial score (nSPS) is 11.3. The van der Waals surface area contributed by atoms with Crippen LogP contribution >= 0.6 is 0 Å². The van der Waals surface area contributed by atoms with Gasteiger partial charge in [-0.1, -0.05) is 54.1 Å². The van der Waals surface area contributed by atoms with Crippen LogP contribution in [0.2, 0.25) is 0 Å². The Morgan fingerprint density at radius 1 is 0.879 bits per heavy atom. The van der Waals surface area contributed by atoms with E-state index in [1.165, 1.54) is 36.4 Å². The van der Waals surface area contributed by atoms with Crippen LogP contribution in [0.4, 0.5) is 10.1 Å². The van der Waals surface area contributed by atoms with Crippen LogP contribution < -0.4 is 9.62 Å². The maximum atomic E-state index is 13.4. The number of carbonyl (C=O) groups excluding carboxylic acids is 1. The highest BCUT2D eigenvalue weighted by Crippen LogP contribution is 2.24. The first kappa shape index (κ1) is 22.5. The van der Waals surface area contributed by atoms with E-state index in [-0.39, 0.29) is 17.1 Å². The molecule has 0 atom stereocenters. The molecule has 0 saturated carbocycles. The second-order valence-corrected chi connectivity index (χ2v) is 9.62. The lowest BCUT2D eigenvalue weighted by atomic mass is 10.1. The number of halogens is 1. The van der Waals surface area contributed by atoms with Crippen LogP contribution in [0.25, 0.3) is 10.8 Å². The zero-order valence-corrected chi connectivity index (χ0v) is 18.8. The molecule has 0 heterocycles. The van der Waals surface area contributed by atoms with E-state index in [1.54, 1.807) is 12.1 Å². The molecule has 0 aliphatic heterocycles. The van der Waals surface area contributed by atoms with Crippen LogP contribution in [0.1, 0.15) is 11.1 Å². The van der Waals surface area contributed by atoms with E-state index in [1.807, 2.05) is 49.4 Å². The molecule has 1 N–H and O–H groups in total. The molecule has 168 valence electrons. The van der Waals surface area contributed by atoms with E-state index < -0.39 is 28.3 Å². The molecule has 0 bridgehead atoms. The Morgan fingerprint density at radius 2 is 1.55 bits per heavy atom. The van der Waals surface area contributed by atoms with Gasteiger partial charge in [0.05, 0.1) is 10.6 Å². The maximum absolute atomic E-state index is 13.4. The standard InChI is InChI=1S/C26H23FN2O3S/c1-19-6-14-25(15-7-19)33(31,32)29(24-12-10-23(27)11-13-24)18-26(30)28-17-20-8-9-21-4-2-3-5-22(21)16-20/h2-16H,17-18H2,1H3,(H,28,30). The van der Waals surface area contributed by atoms with E-state index in [9.17, 15) is 17.6 Å². The third-order valence-corrected chi connectivity index (χ3v) is 7.10. The number of anilines is 1. The van der Waals surface area contributed by atoms with Gasteiger partial charge in [-0.15, -0.1) is 0 Å². The number of aryl methyl sites for hydroxylation is 1. The summed E-state index contributed by atoms with van der Waals surface area (Å²) in [5, 5.41) is 4.94. The summed E-state index contributed by atoms with van der Waals surface area (Å²) in [6.45, 7) is 1.68. The number of nitrogens with zero attached hydrogens (tertiary/aromatic N) is 1. The Morgan fingerprint density at radius 3 is 2.24 bits per heavy atom. The Labute approximate surface area is 192 Å². The molecular weight excluding hydrogens is 439 g/mol. The molecule has 0 spiro atoms. The van der Waals surface area contributed by atoms with Gasteiger partial charge in [0, 0.05) is 6.54 Å². The molecule has 4 aromatic carbocycles. The van der Waals surface area contributed by atoms with Crippen LogP contribution in [0.3, 0.4) is 0 Å². The van der Waals surface area contributed by atoms with Crippen LogP contribution in [0.15, 0.2) is 95.9 Å². The summed E-state index contributed by atoms with van der Waals surface area (Å²) >= 11 is 0. The van der Waals surface area contributed by atoms with E-state index >= 15 is 0 Å². The molecule has 4 aromatic rings. The second kappa shape index (κ2) is 9.42. The number of hydrogen-bond donors (Lipinski definition) is 1. The van der Waals surface area contributed by atoms with Gasteiger partial charge in [-0.05, 0) is 65.7 Å². The van der Waals surface area contributed by atoms with Crippen molar-refractivity contribution >= 4 is 32.4 Å². The predicted octanol–water partition coefficient (Wildman–Crippen LogP) is 4.80. The van der Waals surface area contributed by atoms with Crippen molar-refractivity contribution in [1.82, 2.24) is 5.32 Å². The average molecular weight is 463 g/mol. The molecule has 0 fully saturated rings. The molecular formula is C26H23FN2O3S. The molecule has 4 rings (SSSR count). The van der Waals surface area contributed by atoms with Gasteiger partial charge in [0.15, 0.2) is 0 Å². The Hall–Kier alpha value is -3.71. The summed E-state index contributed by atoms with van der Waals surface area (Å²) in [6.07, 6.45) is 0. The summed E-state index contributed by atoms with van der Waals surface area (Å²) in [6, 6.07) is 25.2. The quantitative estimate of drug-likeness (QED) is 0.429. The highest BCUT2D eigenvalue weighted by atomic mass is 32.2. The molecule has 0 aliphatic carbocycles. The Balaban J connectivity index is 1.55. The molecule has 0 unspecified atom stereocenters. The van der Waals surface area contributed by atoms with Crippen molar-refractivity contribution in [1.29, 1.82) is 0 Å².